The SMILES string of the molecule is CC(=C1CCC(N2C=CC=CC2)CC1)c1ccc(Nc2ccc(C(F)(F)F)cn2)s1. The monoisotopic (exact) mass is 431 g/mol. The Morgan fingerprint density at radius 3 is 2.57 bits per heavy atom. The summed E-state index contributed by atoms with van der Waals surface area (Å²) < 4.78 is 38.0. The van der Waals surface area contributed by atoms with Gasteiger partial charge in [0.05, 0.1) is 10.6 Å². The maximum Gasteiger partial charge on any atom is 0.417 e. The minimum absolute atomic E-state index is 0.408. The molecule has 1 aliphatic carbocycles. The lowest BCUT2D eigenvalue weighted by Crippen LogP contribution is -2.33. The fraction of sp³-hybridized carbons (Fsp3) is 0.348. The Labute approximate surface area is 178 Å². The summed E-state index contributed by atoms with van der Waals surface area (Å²) in [5, 5.41) is 3.98. The summed E-state index contributed by atoms with van der Waals surface area (Å²) in [6.07, 6.45) is 9.61. The van der Waals surface area contributed by atoms with Crippen molar-refractivity contribution in [1.29, 1.82) is 0 Å². The molecular weight excluding hydrogens is 407 g/mol. The number of hydrogen-bond donors (Lipinski definition) is 1. The largest absolute Gasteiger partial charge is 0.417 e. The van der Waals surface area contributed by atoms with Crippen LogP contribution in [0.1, 0.15) is 43.0 Å². The van der Waals surface area contributed by atoms with Gasteiger partial charge in [-0.15, -0.1) is 11.3 Å². The van der Waals surface area contributed by atoms with Crippen molar-refractivity contribution in [3.8, 4) is 0 Å². The zero-order chi connectivity index (χ0) is 21.1. The van der Waals surface area contributed by atoms with Crippen molar-refractivity contribution in [1.82, 2.24) is 9.88 Å². The highest BCUT2D eigenvalue weighted by atomic mass is 32.1. The zero-order valence-corrected chi connectivity index (χ0v) is 17.6. The lowest BCUT2D eigenvalue weighted by Gasteiger charge is -2.35. The van der Waals surface area contributed by atoms with Gasteiger partial charge < -0.3 is 10.2 Å². The number of halogens is 3. The predicted molar refractivity (Wildman–Crippen MR) is 117 cm³/mol. The summed E-state index contributed by atoms with van der Waals surface area (Å²) in [7, 11) is 0. The van der Waals surface area contributed by atoms with Gasteiger partial charge in [0.15, 0.2) is 0 Å². The van der Waals surface area contributed by atoms with E-state index in [2.05, 4.69) is 52.6 Å². The van der Waals surface area contributed by atoms with Crippen LogP contribution >= 0.6 is 11.3 Å². The Bertz CT molecular complexity index is 960. The maximum absolute atomic E-state index is 12.7. The first-order valence-corrected chi connectivity index (χ1v) is 10.9. The van der Waals surface area contributed by atoms with E-state index in [0.29, 0.717) is 11.9 Å². The average Bonchev–Trinajstić information content (AvgIpc) is 3.22. The zero-order valence-electron chi connectivity index (χ0n) is 16.7. The standard InChI is InChI=1S/C23H24F3N3S/c1-16(17-5-8-19(9-6-17)29-13-3-2-4-14-29)20-10-12-22(30-20)28-21-11-7-18(15-27-21)23(24,25)26/h2-4,7,10-13,15,19H,5-6,8-9,14H2,1H3,(H,27,28). The molecule has 3 heterocycles. The molecule has 30 heavy (non-hydrogen) atoms. The number of anilines is 2. The first-order chi connectivity index (χ1) is 14.4. The van der Waals surface area contributed by atoms with Gasteiger partial charge in [-0.3, -0.25) is 0 Å². The lowest BCUT2D eigenvalue weighted by molar-refractivity contribution is -0.137. The molecule has 7 heteroatoms. The lowest BCUT2D eigenvalue weighted by atomic mass is 9.87. The normalized spacial score (nSPS) is 19.3. The van der Waals surface area contributed by atoms with Crippen molar-refractivity contribution < 1.29 is 13.2 Å². The topological polar surface area (TPSA) is 28.2 Å². The fourth-order valence-electron chi connectivity index (χ4n) is 3.95. The van der Waals surface area contributed by atoms with Crippen LogP contribution in [0.25, 0.3) is 5.57 Å². The van der Waals surface area contributed by atoms with Gasteiger partial charge in [-0.1, -0.05) is 17.7 Å². The highest BCUT2D eigenvalue weighted by Crippen LogP contribution is 2.37. The summed E-state index contributed by atoms with van der Waals surface area (Å²) in [6.45, 7) is 3.17. The van der Waals surface area contributed by atoms with E-state index < -0.39 is 11.7 Å². The van der Waals surface area contributed by atoms with E-state index in [9.17, 15) is 13.2 Å². The third-order valence-electron chi connectivity index (χ3n) is 5.72. The highest BCUT2D eigenvalue weighted by Gasteiger charge is 2.30. The van der Waals surface area contributed by atoms with Crippen molar-refractivity contribution in [3.05, 3.63) is 70.9 Å². The Morgan fingerprint density at radius 2 is 1.93 bits per heavy atom. The van der Waals surface area contributed by atoms with Crippen molar-refractivity contribution >= 4 is 27.7 Å². The van der Waals surface area contributed by atoms with Gasteiger partial charge in [-0.05, 0) is 74.7 Å². The smallest absolute Gasteiger partial charge is 0.371 e. The third kappa shape index (κ3) is 4.78. The van der Waals surface area contributed by atoms with E-state index in [1.54, 1.807) is 11.3 Å². The molecular formula is C23H24F3N3S. The minimum Gasteiger partial charge on any atom is -0.371 e. The van der Waals surface area contributed by atoms with E-state index in [0.717, 1.165) is 49.5 Å². The first-order valence-electron chi connectivity index (χ1n) is 10.1. The van der Waals surface area contributed by atoms with Crippen LogP contribution in [0.15, 0.2) is 60.5 Å². The molecule has 0 amide bonds. The van der Waals surface area contributed by atoms with Crippen LogP contribution in [0.5, 0.6) is 0 Å². The highest BCUT2D eigenvalue weighted by molar-refractivity contribution is 7.17. The van der Waals surface area contributed by atoms with Gasteiger partial charge in [-0.2, -0.15) is 13.2 Å². The molecule has 0 atom stereocenters. The predicted octanol–water partition coefficient (Wildman–Crippen LogP) is 7.01. The van der Waals surface area contributed by atoms with Crippen LogP contribution in [-0.4, -0.2) is 22.5 Å². The molecule has 0 radical (unpaired) electrons. The second kappa shape index (κ2) is 8.68. The number of allylic oxidation sites excluding steroid dienone is 4. The summed E-state index contributed by atoms with van der Waals surface area (Å²) in [5.41, 5.74) is 2.08. The van der Waals surface area contributed by atoms with Gasteiger partial charge in [0.1, 0.15) is 5.82 Å². The van der Waals surface area contributed by atoms with Crippen LogP contribution in [0.3, 0.4) is 0 Å². The summed E-state index contributed by atoms with van der Waals surface area (Å²) in [5.74, 6) is 0.408. The van der Waals surface area contributed by atoms with Gasteiger partial charge in [0.2, 0.25) is 0 Å². The van der Waals surface area contributed by atoms with Crippen LogP contribution in [0.2, 0.25) is 0 Å². The second-order valence-corrected chi connectivity index (χ2v) is 8.73. The molecule has 1 aliphatic heterocycles. The van der Waals surface area contributed by atoms with E-state index in [-0.39, 0.29) is 0 Å². The molecule has 2 aliphatic rings. The number of hydrogen-bond acceptors (Lipinski definition) is 4. The van der Waals surface area contributed by atoms with Gasteiger partial charge in [0, 0.05) is 23.7 Å². The fourth-order valence-corrected chi connectivity index (χ4v) is 4.92. The molecule has 158 valence electrons. The first kappa shape index (κ1) is 20.7. The van der Waals surface area contributed by atoms with Crippen LogP contribution in [0, 0.1) is 0 Å². The minimum atomic E-state index is -4.37. The quantitative estimate of drug-likeness (QED) is 0.564. The molecule has 1 N–H and O–H groups in total. The number of alkyl halides is 3. The third-order valence-corrected chi connectivity index (χ3v) is 6.84. The van der Waals surface area contributed by atoms with Crippen LogP contribution in [-0.2, 0) is 6.18 Å². The molecule has 0 spiro atoms. The molecule has 2 aromatic rings. The number of pyridine rings is 1. The Morgan fingerprint density at radius 1 is 1.13 bits per heavy atom. The van der Waals surface area contributed by atoms with Gasteiger partial charge in [-0.25, -0.2) is 4.98 Å². The van der Waals surface area contributed by atoms with Crippen molar-refractivity contribution in [2.24, 2.45) is 0 Å². The van der Waals surface area contributed by atoms with E-state index >= 15 is 0 Å². The van der Waals surface area contributed by atoms with E-state index in [4.69, 9.17) is 0 Å². The Balaban J connectivity index is 1.38. The summed E-state index contributed by atoms with van der Waals surface area (Å²) >= 11 is 1.61. The molecule has 4 rings (SSSR count). The number of thiophene rings is 1. The number of nitrogens with one attached hydrogen (secondary N) is 1. The molecule has 0 bridgehead atoms. The molecule has 1 fully saturated rings. The average molecular weight is 432 g/mol. The summed E-state index contributed by atoms with van der Waals surface area (Å²) in [4.78, 5) is 7.51. The molecule has 0 unspecified atom stereocenters. The van der Waals surface area contributed by atoms with Crippen molar-refractivity contribution in [2.75, 3.05) is 11.9 Å². The van der Waals surface area contributed by atoms with Crippen molar-refractivity contribution in [2.45, 2.75) is 44.8 Å². The Hall–Kier alpha value is -2.54. The maximum atomic E-state index is 12.7. The molecule has 0 aromatic carbocycles. The number of rotatable bonds is 4. The molecule has 3 nitrogen and oxygen atoms in total. The Kier molecular flexibility index (Phi) is 5.99. The second-order valence-electron chi connectivity index (χ2n) is 7.64. The van der Waals surface area contributed by atoms with E-state index in [1.807, 2.05) is 6.07 Å². The van der Waals surface area contributed by atoms with Crippen LogP contribution in [0.4, 0.5) is 24.0 Å². The molecule has 0 saturated heterocycles. The number of aromatic nitrogens is 1. The number of nitrogens with zero attached hydrogens (tertiary/aromatic N) is 2. The van der Waals surface area contributed by atoms with Gasteiger partial charge in [0.25, 0.3) is 0 Å². The molecule has 2 aromatic heterocycles. The van der Waals surface area contributed by atoms with Crippen LogP contribution < -0.4 is 5.32 Å². The van der Waals surface area contributed by atoms with Gasteiger partial charge >= 0.3 is 6.18 Å². The summed E-state index contributed by atoms with van der Waals surface area (Å²) in [6, 6.07) is 7.04. The molecule has 1 saturated carbocycles. The van der Waals surface area contributed by atoms with Crippen molar-refractivity contribution in [3.63, 3.8) is 0 Å². The van der Waals surface area contributed by atoms with E-state index in [1.165, 1.54) is 22.1 Å².